The van der Waals surface area contributed by atoms with Gasteiger partial charge in [-0.3, -0.25) is 4.18 Å². The monoisotopic (exact) mass is 340 g/mol. The van der Waals surface area contributed by atoms with E-state index < -0.39 is 22.2 Å². The van der Waals surface area contributed by atoms with Gasteiger partial charge in [0.1, 0.15) is 0 Å². The van der Waals surface area contributed by atoms with Gasteiger partial charge in [-0.25, -0.2) is 4.79 Å². The van der Waals surface area contributed by atoms with Crippen molar-refractivity contribution in [1.29, 1.82) is 0 Å². The Bertz CT molecular complexity index is 741. The molecule has 0 aliphatic rings. The number of halogens is 1. The zero-order valence-electron chi connectivity index (χ0n) is 11.3. The van der Waals surface area contributed by atoms with Crippen LogP contribution in [0.4, 0.5) is 0 Å². The van der Waals surface area contributed by atoms with E-state index in [1.54, 1.807) is 30.3 Å². The van der Waals surface area contributed by atoms with E-state index >= 15 is 0 Å². The maximum Gasteiger partial charge on any atom is 0.334 e. The van der Waals surface area contributed by atoms with Crippen LogP contribution in [0.5, 0.6) is 0 Å². The number of carboxylic acid groups (broad SMARTS) is 1. The summed E-state index contributed by atoms with van der Waals surface area (Å²) in [7, 11) is -4.18. The van der Waals surface area contributed by atoms with Crippen molar-refractivity contribution in [2.45, 2.75) is 17.4 Å². The van der Waals surface area contributed by atoms with Crippen molar-refractivity contribution in [3.8, 4) is 0 Å². The van der Waals surface area contributed by atoms with Crippen molar-refractivity contribution in [3.63, 3.8) is 0 Å². The molecule has 0 amide bonds. The molecule has 0 aliphatic carbocycles. The number of benzene rings is 2. The molecular formula is C15H13ClO5S. The summed E-state index contributed by atoms with van der Waals surface area (Å²) in [5.74, 6) is -1.35. The minimum Gasteiger partial charge on any atom is -0.479 e. The molecule has 1 N–H and O–H groups in total. The Labute approximate surface area is 133 Å². The van der Waals surface area contributed by atoms with Crippen LogP contribution >= 0.6 is 11.6 Å². The molecule has 2 aromatic carbocycles. The Morgan fingerprint density at radius 3 is 2.23 bits per heavy atom. The lowest BCUT2D eigenvalue weighted by Crippen LogP contribution is -2.29. The summed E-state index contributed by atoms with van der Waals surface area (Å²) in [6, 6.07) is 14.0. The van der Waals surface area contributed by atoms with Crippen LogP contribution in [0, 0.1) is 0 Å². The van der Waals surface area contributed by atoms with Crippen LogP contribution in [0.3, 0.4) is 0 Å². The van der Waals surface area contributed by atoms with E-state index in [4.69, 9.17) is 15.8 Å². The fourth-order valence-electron chi connectivity index (χ4n) is 1.80. The van der Waals surface area contributed by atoms with Gasteiger partial charge in [-0.2, -0.15) is 8.42 Å². The van der Waals surface area contributed by atoms with Crippen LogP contribution < -0.4 is 0 Å². The molecule has 0 fully saturated rings. The molecule has 0 saturated heterocycles. The number of aliphatic carboxylic acids is 1. The zero-order valence-corrected chi connectivity index (χ0v) is 12.9. The van der Waals surface area contributed by atoms with E-state index in [2.05, 4.69) is 0 Å². The molecule has 0 heterocycles. The fraction of sp³-hybridized carbons (Fsp3) is 0.133. The van der Waals surface area contributed by atoms with E-state index in [0.29, 0.717) is 10.6 Å². The molecule has 2 aromatic rings. The van der Waals surface area contributed by atoms with Crippen molar-refractivity contribution in [2.75, 3.05) is 0 Å². The van der Waals surface area contributed by atoms with E-state index in [-0.39, 0.29) is 11.3 Å². The second-order valence-corrected chi connectivity index (χ2v) is 6.53. The quantitative estimate of drug-likeness (QED) is 0.818. The molecule has 116 valence electrons. The Hall–Kier alpha value is -1.89. The van der Waals surface area contributed by atoms with Crippen LogP contribution in [0.1, 0.15) is 5.56 Å². The van der Waals surface area contributed by atoms with E-state index in [1.165, 1.54) is 24.3 Å². The number of carbonyl (C=O) groups is 1. The van der Waals surface area contributed by atoms with Gasteiger partial charge in [0.15, 0.2) is 6.10 Å². The number of hydrogen-bond acceptors (Lipinski definition) is 4. The fourth-order valence-corrected chi connectivity index (χ4v) is 2.96. The SMILES string of the molecule is O=C(O)[C@H](Cc1ccccc1)OS(=O)(=O)c1ccc(Cl)cc1. The maximum absolute atomic E-state index is 12.1. The third-order valence-electron chi connectivity index (χ3n) is 2.88. The van der Waals surface area contributed by atoms with E-state index in [1.807, 2.05) is 0 Å². The highest BCUT2D eigenvalue weighted by Crippen LogP contribution is 2.19. The summed E-state index contributed by atoms with van der Waals surface area (Å²) in [4.78, 5) is 11.1. The van der Waals surface area contributed by atoms with Crippen molar-refractivity contribution in [3.05, 3.63) is 65.2 Å². The average molecular weight is 341 g/mol. The standard InChI is InChI=1S/C15H13ClO5S/c16-12-6-8-13(9-7-12)22(19,20)21-14(15(17)18)10-11-4-2-1-3-5-11/h1-9,14H,10H2,(H,17,18)/t14-/m0/s1. The van der Waals surface area contributed by atoms with Crippen LogP contribution in [0.25, 0.3) is 0 Å². The Balaban J connectivity index is 2.20. The van der Waals surface area contributed by atoms with Gasteiger partial charge in [0.2, 0.25) is 0 Å². The topological polar surface area (TPSA) is 80.7 Å². The summed E-state index contributed by atoms with van der Waals surface area (Å²) in [5, 5.41) is 9.55. The first-order chi connectivity index (χ1) is 10.4. The number of carboxylic acids is 1. The third kappa shape index (κ3) is 4.30. The van der Waals surface area contributed by atoms with Crippen molar-refractivity contribution in [1.82, 2.24) is 0 Å². The summed E-state index contributed by atoms with van der Waals surface area (Å²) in [6.07, 6.45) is -1.55. The van der Waals surface area contributed by atoms with Crippen LogP contribution in [-0.4, -0.2) is 25.6 Å². The van der Waals surface area contributed by atoms with Gasteiger partial charge in [-0.1, -0.05) is 41.9 Å². The molecule has 22 heavy (non-hydrogen) atoms. The Morgan fingerprint density at radius 1 is 1.09 bits per heavy atom. The van der Waals surface area contributed by atoms with Gasteiger partial charge >= 0.3 is 5.97 Å². The van der Waals surface area contributed by atoms with E-state index in [0.717, 1.165) is 0 Å². The van der Waals surface area contributed by atoms with Crippen LogP contribution in [0.2, 0.25) is 5.02 Å². The molecule has 0 unspecified atom stereocenters. The minimum absolute atomic E-state index is 0.0526. The van der Waals surface area contributed by atoms with Gasteiger partial charge in [0.25, 0.3) is 10.1 Å². The molecule has 0 aromatic heterocycles. The average Bonchev–Trinajstić information content (AvgIpc) is 2.48. The first-order valence-corrected chi connectivity index (χ1v) is 8.13. The Morgan fingerprint density at radius 2 is 1.68 bits per heavy atom. The molecule has 1 atom stereocenters. The number of rotatable bonds is 6. The van der Waals surface area contributed by atoms with Gasteiger partial charge in [0, 0.05) is 11.4 Å². The van der Waals surface area contributed by atoms with Gasteiger partial charge in [-0.15, -0.1) is 0 Å². The lowest BCUT2D eigenvalue weighted by molar-refractivity contribution is -0.144. The molecule has 2 rings (SSSR count). The predicted molar refractivity (Wildman–Crippen MR) is 81.3 cm³/mol. The second kappa shape index (κ2) is 6.91. The normalized spacial score (nSPS) is 12.8. The lowest BCUT2D eigenvalue weighted by Gasteiger charge is -2.13. The Kier molecular flexibility index (Phi) is 5.18. The summed E-state index contributed by atoms with van der Waals surface area (Å²) >= 11 is 5.70. The van der Waals surface area contributed by atoms with Crippen molar-refractivity contribution < 1.29 is 22.5 Å². The molecule has 0 radical (unpaired) electrons. The molecule has 0 aliphatic heterocycles. The van der Waals surface area contributed by atoms with Crippen molar-refractivity contribution in [2.24, 2.45) is 0 Å². The first-order valence-electron chi connectivity index (χ1n) is 6.34. The van der Waals surface area contributed by atoms with Crippen molar-refractivity contribution >= 4 is 27.7 Å². The lowest BCUT2D eigenvalue weighted by atomic mass is 10.1. The van der Waals surface area contributed by atoms with Gasteiger partial charge < -0.3 is 5.11 Å². The predicted octanol–water partition coefficient (Wildman–Crippen LogP) is 2.74. The molecule has 0 spiro atoms. The highest BCUT2D eigenvalue weighted by molar-refractivity contribution is 7.86. The van der Waals surface area contributed by atoms with Crippen LogP contribution in [0.15, 0.2) is 59.5 Å². The highest BCUT2D eigenvalue weighted by atomic mass is 35.5. The van der Waals surface area contributed by atoms with Gasteiger partial charge in [0.05, 0.1) is 4.90 Å². The molecule has 5 nitrogen and oxygen atoms in total. The summed E-state index contributed by atoms with van der Waals surface area (Å²) in [5.41, 5.74) is 0.668. The molecule has 0 bridgehead atoms. The highest BCUT2D eigenvalue weighted by Gasteiger charge is 2.27. The van der Waals surface area contributed by atoms with Crippen LogP contribution in [-0.2, 0) is 25.5 Å². The molecule has 7 heteroatoms. The molecule has 0 saturated carbocycles. The largest absolute Gasteiger partial charge is 0.479 e. The smallest absolute Gasteiger partial charge is 0.334 e. The number of hydrogen-bond donors (Lipinski definition) is 1. The first kappa shape index (κ1) is 16.5. The zero-order chi connectivity index (χ0) is 16.2. The summed E-state index contributed by atoms with van der Waals surface area (Å²) in [6.45, 7) is 0. The second-order valence-electron chi connectivity index (χ2n) is 4.52. The third-order valence-corrected chi connectivity index (χ3v) is 4.47. The van der Waals surface area contributed by atoms with Gasteiger partial charge in [-0.05, 0) is 29.8 Å². The molecular weight excluding hydrogens is 328 g/mol. The van der Waals surface area contributed by atoms with E-state index in [9.17, 15) is 18.3 Å². The minimum atomic E-state index is -4.18. The maximum atomic E-state index is 12.1. The summed E-state index contributed by atoms with van der Waals surface area (Å²) < 4.78 is 29.1.